The van der Waals surface area contributed by atoms with Crippen LogP contribution in [0.3, 0.4) is 0 Å². The predicted molar refractivity (Wildman–Crippen MR) is 48.6 cm³/mol. The Morgan fingerprint density at radius 1 is 1.57 bits per heavy atom. The maximum absolute atomic E-state index is 11.4. The van der Waals surface area contributed by atoms with Gasteiger partial charge in [-0.15, -0.1) is 0 Å². The van der Waals surface area contributed by atoms with Crippen LogP contribution in [0.4, 0.5) is 0 Å². The fourth-order valence-corrected chi connectivity index (χ4v) is 1.05. The summed E-state index contributed by atoms with van der Waals surface area (Å²) in [6, 6.07) is 0. The van der Waals surface area contributed by atoms with Crippen molar-refractivity contribution < 1.29 is 19.1 Å². The van der Waals surface area contributed by atoms with Crippen molar-refractivity contribution in [2.24, 2.45) is 0 Å². The Hall–Kier alpha value is -1.10. The third kappa shape index (κ3) is 2.99. The number of hydrogen-bond donors (Lipinski definition) is 1. The predicted octanol–water partition coefficient (Wildman–Crippen LogP) is -0.157. The van der Waals surface area contributed by atoms with Crippen LogP contribution in [0.15, 0.2) is 0 Å². The van der Waals surface area contributed by atoms with E-state index in [2.05, 4.69) is 5.32 Å². The van der Waals surface area contributed by atoms with Crippen molar-refractivity contribution in [3.8, 4) is 0 Å². The monoisotopic (exact) mass is 201 g/mol. The molecule has 1 unspecified atom stereocenters. The van der Waals surface area contributed by atoms with Crippen LogP contribution in [0.25, 0.3) is 0 Å². The summed E-state index contributed by atoms with van der Waals surface area (Å²) >= 11 is 0. The van der Waals surface area contributed by atoms with Gasteiger partial charge < -0.3 is 14.8 Å². The lowest BCUT2D eigenvalue weighted by atomic mass is 10.2. The summed E-state index contributed by atoms with van der Waals surface area (Å²) in [5.74, 6) is -1.06. The summed E-state index contributed by atoms with van der Waals surface area (Å²) in [4.78, 5) is 22.6. The molecule has 1 heterocycles. The van der Waals surface area contributed by atoms with E-state index in [9.17, 15) is 9.59 Å². The minimum Gasteiger partial charge on any atom is -0.458 e. The number of carbonyl (C=O) groups excluding carboxylic acids is 2. The van der Waals surface area contributed by atoms with E-state index in [0.717, 1.165) is 0 Å². The highest BCUT2D eigenvalue weighted by Gasteiger charge is 2.33. The average Bonchev–Trinajstić information content (AvgIpc) is 2.01. The molecule has 0 spiro atoms. The Morgan fingerprint density at radius 2 is 2.21 bits per heavy atom. The molecule has 0 bridgehead atoms. The molecule has 5 nitrogen and oxygen atoms in total. The number of rotatable bonds is 1. The number of esters is 1. The van der Waals surface area contributed by atoms with E-state index in [4.69, 9.17) is 9.47 Å². The lowest BCUT2D eigenvalue weighted by Gasteiger charge is -2.25. The van der Waals surface area contributed by atoms with Gasteiger partial charge in [-0.05, 0) is 20.8 Å². The van der Waals surface area contributed by atoms with Gasteiger partial charge in [0.05, 0.1) is 6.61 Å². The number of hydrogen-bond acceptors (Lipinski definition) is 4. The number of nitrogens with one attached hydrogen (secondary N) is 1. The minimum absolute atomic E-state index is 0.343. The highest BCUT2D eigenvalue weighted by atomic mass is 16.6. The van der Waals surface area contributed by atoms with Crippen LogP contribution >= 0.6 is 0 Å². The quantitative estimate of drug-likeness (QED) is 0.473. The van der Waals surface area contributed by atoms with Crippen LogP contribution in [0.1, 0.15) is 20.8 Å². The van der Waals surface area contributed by atoms with E-state index in [1.54, 1.807) is 20.8 Å². The summed E-state index contributed by atoms with van der Waals surface area (Å²) in [6.45, 7) is 6.01. The molecule has 0 aliphatic carbocycles. The second kappa shape index (κ2) is 3.96. The molecule has 1 rings (SSSR count). The maximum atomic E-state index is 11.4. The van der Waals surface area contributed by atoms with Gasteiger partial charge in [0, 0.05) is 6.54 Å². The van der Waals surface area contributed by atoms with Gasteiger partial charge >= 0.3 is 5.97 Å². The van der Waals surface area contributed by atoms with Crippen molar-refractivity contribution in [3.05, 3.63) is 0 Å². The van der Waals surface area contributed by atoms with E-state index in [-0.39, 0.29) is 0 Å². The summed E-state index contributed by atoms with van der Waals surface area (Å²) in [5, 5.41) is 2.53. The average molecular weight is 201 g/mol. The van der Waals surface area contributed by atoms with Crippen molar-refractivity contribution in [1.29, 1.82) is 0 Å². The molecule has 1 N–H and O–H groups in total. The van der Waals surface area contributed by atoms with Crippen LogP contribution in [0.2, 0.25) is 0 Å². The second-order valence-electron chi connectivity index (χ2n) is 4.08. The Morgan fingerprint density at radius 3 is 2.71 bits per heavy atom. The van der Waals surface area contributed by atoms with Gasteiger partial charge in [-0.2, -0.15) is 0 Å². The zero-order valence-corrected chi connectivity index (χ0v) is 8.62. The lowest BCUT2D eigenvalue weighted by Crippen LogP contribution is -2.50. The van der Waals surface area contributed by atoms with Crippen LogP contribution < -0.4 is 5.32 Å². The molecule has 0 radical (unpaired) electrons. The SMILES string of the molecule is CC(C)(C)OC(=O)C1OCCNC1=O. The molecule has 5 heteroatoms. The molecular formula is C9H15NO4. The molecule has 1 fully saturated rings. The van der Waals surface area contributed by atoms with Crippen LogP contribution in [-0.2, 0) is 19.1 Å². The summed E-state index contributed by atoms with van der Waals surface area (Å²) in [5.41, 5.74) is -0.599. The van der Waals surface area contributed by atoms with Gasteiger partial charge in [0.1, 0.15) is 5.60 Å². The topological polar surface area (TPSA) is 64.6 Å². The molecule has 14 heavy (non-hydrogen) atoms. The van der Waals surface area contributed by atoms with E-state index in [1.165, 1.54) is 0 Å². The van der Waals surface area contributed by atoms with E-state index < -0.39 is 23.6 Å². The third-order valence-corrected chi connectivity index (χ3v) is 1.54. The smallest absolute Gasteiger partial charge is 0.345 e. The number of carbonyl (C=O) groups is 2. The first-order valence-corrected chi connectivity index (χ1v) is 4.52. The first-order chi connectivity index (χ1) is 6.40. The Balaban J connectivity index is 2.55. The zero-order chi connectivity index (χ0) is 10.8. The summed E-state index contributed by atoms with van der Waals surface area (Å²) < 4.78 is 10.0. The number of morpholine rings is 1. The van der Waals surface area contributed by atoms with Gasteiger partial charge in [0.2, 0.25) is 6.10 Å². The molecule has 1 aliphatic rings. The summed E-state index contributed by atoms with van der Waals surface area (Å²) in [6.07, 6.45) is -1.11. The minimum atomic E-state index is -1.11. The van der Waals surface area contributed by atoms with E-state index in [1.807, 2.05) is 0 Å². The van der Waals surface area contributed by atoms with Crippen LogP contribution in [0, 0.1) is 0 Å². The van der Waals surface area contributed by atoms with Gasteiger partial charge in [-0.25, -0.2) is 4.79 Å². The Labute approximate surface area is 82.8 Å². The third-order valence-electron chi connectivity index (χ3n) is 1.54. The van der Waals surface area contributed by atoms with Gasteiger partial charge in [0.25, 0.3) is 5.91 Å². The molecule has 1 atom stereocenters. The fourth-order valence-electron chi connectivity index (χ4n) is 1.05. The van der Waals surface area contributed by atoms with Crippen molar-refractivity contribution in [3.63, 3.8) is 0 Å². The highest BCUT2D eigenvalue weighted by Crippen LogP contribution is 2.10. The van der Waals surface area contributed by atoms with E-state index in [0.29, 0.717) is 13.2 Å². The van der Waals surface area contributed by atoms with Crippen LogP contribution in [0.5, 0.6) is 0 Å². The van der Waals surface area contributed by atoms with Crippen molar-refractivity contribution >= 4 is 11.9 Å². The largest absolute Gasteiger partial charge is 0.458 e. The van der Waals surface area contributed by atoms with Crippen molar-refractivity contribution in [2.45, 2.75) is 32.5 Å². The van der Waals surface area contributed by atoms with Crippen molar-refractivity contribution in [1.82, 2.24) is 5.32 Å². The van der Waals surface area contributed by atoms with Gasteiger partial charge in [-0.3, -0.25) is 4.79 Å². The fraction of sp³-hybridized carbons (Fsp3) is 0.778. The molecule has 0 aromatic heterocycles. The molecular weight excluding hydrogens is 186 g/mol. The lowest BCUT2D eigenvalue weighted by molar-refractivity contribution is -0.174. The normalized spacial score (nSPS) is 22.8. The van der Waals surface area contributed by atoms with E-state index >= 15 is 0 Å². The first kappa shape index (κ1) is 11.0. The second-order valence-corrected chi connectivity index (χ2v) is 4.08. The Kier molecular flexibility index (Phi) is 3.10. The van der Waals surface area contributed by atoms with Crippen molar-refractivity contribution in [2.75, 3.05) is 13.2 Å². The molecule has 0 saturated carbocycles. The van der Waals surface area contributed by atoms with Gasteiger partial charge in [-0.1, -0.05) is 0 Å². The number of ether oxygens (including phenoxy) is 2. The molecule has 0 aromatic rings. The Bertz CT molecular complexity index is 244. The molecule has 1 saturated heterocycles. The number of amides is 1. The summed E-state index contributed by atoms with van der Waals surface area (Å²) in [7, 11) is 0. The maximum Gasteiger partial charge on any atom is 0.345 e. The standard InChI is InChI=1S/C9H15NO4/c1-9(2,3)14-8(12)6-7(11)10-4-5-13-6/h6H,4-5H2,1-3H3,(H,10,11). The first-order valence-electron chi connectivity index (χ1n) is 4.52. The van der Waals surface area contributed by atoms with Gasteiger partial charge in [0.15, 0.2) is 0 Å². The molecule has 80 valence electrons. The zero-order valence-electron chi connectivity index (χ0n) is 8.62. The molecule has 0 aromatic carbocycles. The molecule has 1 aliphatic heterocycles. The van der Waals surface area contributed by atoms with Crippen LogP contribution in [-0.4, -0.2) is 36.7 Å². The molecule has 1 amide bonds. The highest BCUT2D eigenvalue weighted by molar-refractivity contribution is 6.01.